The lowest BCUT2D eigenvalue weighted by Gasteiger charge is -2.36. The van der Waals surface area contributed by atoms with Crippen molar-refractivity contribution in [3.05, 3.63) is 53.7 Å². The summed E-state index contributed by atoms with van der Waals surface area (Å²) >= 11 is 0. The second kappa shape index (κ2) is 7.42. The van der Waals surface area contributed by atoms with Gasteiger partial charge in [-0.3, -0.25) is 4.79 Å². The summed E-state index contributed by atoms with van der Waals surface area (Å²) in [7, 11) is 0. The molecule has 3 aromatic rings. The summed E-state index contributed by atoms with van der Waals surface area (Å²) in [6.07, 6.45) is 7.45. The average molecular weight is 395 g/mol. The van der Waals surface area contributed by atoms with Gasteiger partial charge in [-0.15, -0.1) is 0 Å². The Hall–Kier alpha value is -3.03. The van der Waals surface area contributed by atoms with E-state index in [4.69, 9.17) is 4.52 Å². The van der Waals surface area contributed by atoms with E-state index in [9.17, 15) is 9.18 Å². The molecule has 0 radical (unpaired) electrons. The molecular weight excluding hydrogens is 373 g/mol. The van der Waals surface area contributed by atoms with Crippen LogP contribution in [0.25, 0.3) is 11.4 Å². The number of nitrogens with one attached hydrogen (secondary N) is 1. The minimum atomic E-state index is -0.345. The maximum atomic E-state index is 13.3. The van der Waals surface area contributed by atoms with Gasteiger partial charge in [0, 0.05) is 17.9 Å². The van der Waals surface area contributed by atoms with Crippen molar-refractivity contribution in [2.24, 2.45) is 5.92 Å². The third kappa shape index (κ3) is 3.43. The van der Waals surface area contributed by atoms with Crippen LogP contribution in [0.3, 0.4) is 0 Å². The van der Waals surface area contributed by atoms with E-state index in [1.807, 2.05) is 4.90 Å². The van der Waals surface area contributed by atoms with Crippen LogP contribution in [0.2, 0.25) is 0 Å². The lowest BCUT2D eigenvalue weighted by Crippen LogP contribution is -2.42. The molecule has 3 heterocycles. The van der Waals surface area contributed by atoms with Gasteiger partial charge in [-0.05, 0) is 37.1 Å². The topological polar surface area (TPSA) is 87.9 Å². The molecule has 8 heteroatoms. The summed E-state index contributed by atoms with van der Waals surface area (Å²) < 4.78 is 18.8. The standard InChI is InChI=1S/C21H22FN5O2/c22-15-8-6-13(7-9-15)19-25-20(29-26-19)18-10-16-17(24-12-23-16)11-27(18)21(28)14-4-2-1-3-5-14/h6-9,12,14,18H,1-5,10-11H2,(H,23,24)/t18-/m0/s1. The molecule has 2 aromatic heterocycles. The molecule has 29 heavy (non-hydrogen) atoms. The molecule has 1 aliphatic heterocycles. The third-order valence-electron chi connectivity index (χ3n) is 5.97. The molecule has 1 aliphatic carbocycles. The highest BCUT2D eigenvalue weighted by Gasteiger charge is 2.38. The highest BCUT2D eigenvalue weighted by molar-refractivity contribution is 5.79. The van der Waals surface area contributed by atoms with Crippen LogP contribution in [0.4, 0.5) is 4.39 Å². The van der Waals surface area contributed by atoms with Gasteiger partial charge in [0.25, 0.3) is 0 Å². The molecule has 150 valence electrons. The number of rotatable bonds is 3. The van der Waals surface area contributed by atoms with Crippen molar-refractivity contribution < 1.29 is 13.7 Å². The minimum Gasteiger partial charge on any atom is -0.347 e. The molecule has 1 aromatic carbocycles. The summed E-state index contributed by atoms with van der Waals surface area (Å²) in [5, 5.41) is 4.07. The first-order valence-corrected chi connectivity index (χ1v) is 10.1. The monoisotopic (exact) mass is 395 g/mol. The SMILES string of the molecule is O=C(C1CCCCC1)N1Cc2[nH]cnc2C[C@H]1c1nc(-c2ccc(F)cc2)no1. The van der Waals surface area contributed by atoms with Gasteiger partial charge in [0.05, 0.1) is 24.3 Å². The Morgan fingerprint density at radius 1 is 1.17 bits per heavy atom. The fourth-order valence-corrected chi connectivity index (χ4v) is 4.36. The van der Waals surface area contributed by atoms with Gasteiger partial charge in [-0.1, -0.05) is 24.4 Å². The molecule has 0 bridgehead atoms. The van der Waals surface area contributed by atoms with Crippen LogP contribution < -0.4 is 0 Å². The summed E-state index contributed by atoms with van der Waals surface area (Å²) in [5.41, 5.74) is 2.55. The van der Waals surface area contributed by atoms with Crippen LogP contribution in [0.15, 0.2) is 35.1 Å². The normalized spacial score (nSPS) is 19.9. The maximum Gasteiger partial charge on any atom is 0.250 e. The molecule has 0 unspecified atom stereocenters. The summed E-state index contributed by atoms with van der Waals surface area (Å²) in [5.74, 6) is 0.659. The van der Waals surface area contributed by atoms with Crippen molar-refractivity contribution in [1.29, 1.82) is 0 Å². The average Bonchev–Trinajstić information content (AvgIpc) is 3.43. The van der Waals surface area contributed by atoms with Crippen LogP contribution in [0.1, 0.15) is 55.4 Å². The third-order valence-corrected chi connectivity index (χ3v) is 5.97. The number of benzene rings is 1. The van der Waals surface area contributed by atoms with Crippen molar-refractivity contribution in [2.45, 2.75) is 51.1 Å². The van der Waals surface area contributed by atoms with Crippen molar-refractivity contribution in [3.8, 4) is 11.4 Å². The Kier molecular flexibility index (Phi) is 4.61. The first kappa shape index (κ1) is 18.0. The summed E-state index contributed by atoms with van der Waals surface area (Å²) in [6, 6.07) is 5.60. The number of fused-ring (bicyclic) bond motifs is 1. The van der Waals surface area contributed by atoms with Gasteiger partial charge in [0.15, 0.2) is 0 Å². The molecule has 1 amide bonds. The van der Waals surface area contributed by atoms with Crippen LogP contribution in [0, 0.1) is 11.7 Å². The lowest BCUT2D eigenvalue weighted by atomic mass is 9.87. The first-order valence-electron chi connectivity index (χ1n) is 10.1. The number of H-pyrrole nitrogens is 1. The summed E-state index contributed by atoms with van der Waals surface area (Å²) in [4.78, 5) is 27.3. The fraction of sp³-hybridized carbons (Fsp3) is 0.429. The zero-order valence-corrected chi connectivity index (χ0v) is 16.0. The molecular formula is C21H22FN5O2. The Balaban J connectivity index is 1.46. The molecule has 0 spiro atoms. The van der Waals surface area contributed by atoms with E-state index in [0.717, 1.165) is 37.1 Å². The molecule has 7 nitrogen and oxygen atoms in total. The predicted octanol–water partition coefficient (Wildman–Crippen LogP) is 3.81. The lowest BCUT2D eigenvalue weighted by molar-refractivity contribution is -0.141. The molecule has 1 N–H and O–H groups in total. The molecule has 1 fully saturated rings. The Bertz CT molecular complexity index is 1010. The van der Waals surface area contributed by atoms with E-state index in [1.165, 1.54) is 18.6 Å². The summed E-state index contributed by atoms with van der Waals surface area (Å²) in [6.45, 7) is 0.462. The highest BCUT2D eigenvalue weighted by Crippen LogP contribution is 2.35. The number of aromatic nitrogens is 4. The smallest absolute Gasteiger partial charge is 0.250 e. The Morgan fingerprint density at radius 3 is 2.76 bits per heavy atom. The predicted molar refractivity (Wildman–Crippen MR) is 102 cm³/mol. The van der Waals surface area contributed by atoms with Gasteiger partial charge in [-0.25, -0.2) is 9.37 Å². The van der Waals surface area contributed by atoms with Crippen LogP contribution >= 0.6 is 0 Å². The maximum absolute atomic E-state index is 13.3. The fourth-order valence-electron chi connectivity index (χ4n) is 4.36. The highest BCUT2D eigenvalue weighted by atomic mass is 19.1. The molecule has 2 aliphatic rings. The number of amides is 1. The van der Waals surface area contributed by atoms with Gasteiger partial charge >= 0.3 is 0 Å². The zero-order valence-electron chi connectivity index (χ0n) is 16.0. The Labute approximate surface area is 167 Å². The number of halogens is 1. The van der Waals surface area contributed by atoms with Crippen molar-refractivity contribution in [1.82, 2.24) is 25.0 Å². The van der Waals surface area contributed by atoms with Crippen molar-refractivity contribution >= 4 is 5.91 Å². The van der Waals surface area contributed by atoms with Crippen molar-refractivity contribution in [3.63, 3.8) is 0 Å². The number of carbonyl (C=O) groups excluding carboxylic acids is 1. The van der Waals surface area contributed by atoms with Gasteiger partial charge in [0.1, 0.15) is 11.9 Å². The molecule has 0 saturated heterocycles. The number of nitrogens with zero attached hydrogens (tertiary/aromatic N) is 4. The van der Waals surface area contributed by atoms with Crippen LogP contribution in [-0.4, -0.2) is 30.9 Å². The van der Waals surface area contributed by atoms with E-state index in [2.05, 4.69) is 20.1 Å². The number of imidazole rings is 1. The second-order valence-electron chi connectivity index (χ2n) is 7.81. The van der Waals surface area contributed by atoms with E-state index < -0.39 is 0 Å². The van der Waals surface area contributed by atoms with Gasteiger partial charge in [0.2, 0.25) is 17.6 Å². The van der Waals surface area contributed by atoms with Gasteiger partial charge < -0.3 is 14.4 Å². The van der Waals surface area contributed by atoms with E-state index >= 15 is 0 Å². The van der Waals surface area contributed by atoms with Crippen molar-refractivity contribution in [2.75, 3.05) is 0 Å². The number of carbonyl (C=O) groups is 1. The van der Waals surface area contributed by atoms with Crippen LogP contribution in [-0.2, 0) is 17.8 Å². The number of hydrogen-bond donors (Lipinski definition) is 1. The molecule has 1 saturated carbocycles. The Morgan fingerprint density at radius 2 is 1.97 bits per heavy atom. The zero-order chi connectivity index (χ0) is 19.8. The number of aromatic amines is 1. The largest absolute Gasteiger partial charge is 0.347 e. The first-order chi connectivity index (χ1) is 14.2. The molecule has 1 atom stereocenters. The number of hydrogen-bond acceptors (Lipinski definition) is 5. The van der Waals surface area contributed by atoms with Gasteiger partial charge in [-0.2, -0.15) is 4.98 Å². The van der Waals surface area contributed by atoms with E-state index in [1.54, 1.807) is 18.5 Å². The van der Waals surface area contributed by atoms with Crippen LogP contribution in [0.5, 0.6) is 0 Å². The minimum absolute atomic E-state index is 0.0511. The second-order valence-corrected chi connectivity index (χ2v) is 7.81. The van der Waals surface area contributed by atoms with E-state index in [-0.39, 0.29) is 23.7 Å². The molecule has 5 rings (SSSR count). The quantitative estimate of drug-likeness (QED) is 0.729. The van der Waals surface area contributed by atoms with E-state index in [0.29, 0.717) is 30.2 Å².